The second-order valence-corrected chi connectivity index (χ2v) is 5.92. The number of hydrogen-bond acceptors (Lipinski definition) is 2. The van der Waals surface area contributed by atoms with Crippen LogP contribution in [0.1, 0.15) is 46.0 Å². The molecule has 4 atom stereocenters. The number of carbonyl (C=O) groups excluding carboxylic acids is 1. The molecule has 0 aromatic carbocycles. The Kier molecular flexibility index (Phi) is 1.87. The predicted octanol–water partition coefficient (Wildman–Crippen LogP) is 2.56. The van der Waals surface area contributed by atoms with Crippen LogP contribution in [0.5, 0.6) is 0 Å². The maximum atomic E-state index is 11.9. The Morgan fingerprint density at radius 2 is 2.20 bits per heavy atom. The van der Waals surface area contributed by atoms with Gasteiger partial charge in [-0.1, -0.05) is 0 Å². The van der Waals surface area contributed by atoms with Crippen molar-refractivity contribution in [2.75, 3.05) is 6.61 Å². The van der Waals surface area contributed by atoms with Crippen LogP contribution < -0.4 is 0 Å². The van der Waals surface area contributed by atoms with E-state index >= 15 is 0 Å². The van der Waals surface area contributed by atoms with E-state index in [1.807, 2.05) is 0 Å². The first kappa shape index (κ1) is 9.83. The van der Waals surface area contributed by atoms with Gasteiger partial charge in [0.1, 0.15) is 5.78 Å². The molecule has 4 aliphatic carbocycles. The number of ether oxygens (including phenoxy) is 1. The average molecular weight is 208 g/mol. The quantitative estimate of drug-likeness (QED) is 0.712. The van der Waals surface area contributed by atoms with Gasteiger partial charge in [-0.05, 0) is 57.8 Å². The normalized spacial score (nSPS) is 51.3. The zero-order chi connectivity index (χ0) is 10.7. The van der Waals surface area contributed by atoms with E-state index in [4.69, 9.17) is 4.74 Å². The van der Waals surface area contributed by atoms with Crippen molar-refractivity contribution in [1.29, 1.82) is 0 Å². The van der Waals surface area contributed by atoms with Crippen molar-refractivity contribution in [3.63, 3.8) is 0 Å². The molecule has 2 heteroatoms. The average Bonchev–Trinajstić information content (AvgIpc) is 2.51. The topological polar surface area (TPSA) is 26.3 Å². The maximum absolute atomic E-state index is 11.9. The van der Waals surface area contributed by atoms with Gasteiger partial charge in [0, 0.05) is 12.0 Å². The van der Waals surface area contributed by atoms with E-state index in [9.17, 15) is 4.79 Å². The fraction of sp³-hybridized carbons (Fsp3) is 0.923. The van der Waals surface area contributed by atoms with Crippen molar-refractivity contribution in [2.24, 2.45) is 17.3 Å². The second-order valence-electron chi connectivity index (χ2n) is 5.92. The first-order valence-corrected chi connectivity index (χ1v) is 6.25. The van der Waals surface area contributed by atoms with Crippen LogP contribution in [-0.4, -0.2) is 18.0 Å². The van der Waals surface area contributed by atoms with Gasteiger partial charge in [-0.15, -0.1) is 0 Å². The van der Waals surface area contributed by atoms with E-state index in [1.165, 1.54) is 12.8 Å². The van der Waals surface area contributed by atoms with Crippen molar-refractivity contribution >= 4 is 5.78 Å². The highest BCUT2D eigenvalue weighted by Gasteiger charge is 2.66. The highest BCUT2D eigenvalue weighted by Crippen LogP contribution is 2.68. The third kappa shape index (κ3) is 1.12. The molecule has 0 amide bonds. The van der Waals surface area contributed by atoms with E-state index in [0.717, 1.165) is 31.8 Å². The highest BCUT2D eigenvalue weighted by molar-refractivity contribution is 5.84. The van der Waals surface area contributed by atoms with E-state index in [2.05, 4.69) is 6.92 Å². The summed E-state index contributed by atoms with van der Waals surface area (Å²) in [5, 5.41) is 0. The summed E-state index contributed by atoms with van der Waals surface area (Å²) in [7, 11) is 0. The molecule has 0 saturated heterocycles. The van der Waals surface area contributed by atoms with Crippen LogP contribution in [0.15, 0.2) is 0 Å². The Hall–Kier alpha value is -0.370. The molecule has 0 aromatic rings. The second kappa shape index (κ2) is 2.85. The Labute approximate surface area is 91.4 Å². The van der Waals surface area contributed by atoms with Gasteiger partial charge in [0.2, 0.25) is 0 Å². The summed E-state index contributed by atoms with van der Waals surface area (Å²) in [4.78, 5) is 11.9. The van der Waals surface area contributed by atoms with Crippen LogP contribution in [0, 0.1) is 17.3 Å². The van der Waals surface area contributed by atoms with E-state index in [0.29, 0.717) is 11.7 Å². The summed E-state index contributed by atoms with van der Waals surface area (Å²) >= 11 is 0. The third-order valence-corrected chi connectivity index (χ3v) is 5.12. The summed E-state index contributed by atoms with van der Waals surface area (Å²) in [5.41, 5.74) is 0.115. The largest absolute Gasteiger partial charge is 0.375 e. The zero-order valence-corrected chi connectivity index (χ0v) is 9.71. The fourth-order valence-electron chi connectivity index (χ4n) is 4.85. The van der Waals surface area contributed by atoms with Gasteiger partial charge < -0.3 is 4.74 Å². The molecule has 0 radical (unpaired) electrons. The summed E-state index contributed by atoms with van der Waals surface area (Å²) in [6.07, 6.45) is 5.82. The lowest BCUT2D eigenvalue weighted by Gasteiger charge is -2.39. The molecule has 4 aliphatic rings. The standard InChI is InChI=1S/C13H20O2/c1-3-15-12-5-10-4-11(7-12)13(6-10,8-12)9(2)14/h10-11H,3-8H2,1-2H3. The first-order valence-electron chi connectivity index (χ1n) is 6.25. The van der Waals surface area contributed by atoms with E-state index < -0.39 is 0 Å². The van der Waals surface area contributed by atoms with E-state index in [-0.39, 0.29) is 11.0 Å². The summed E-state index contributed by atoms with van der Waals surface area (Å²) < 4.78 is 5.99. The molecule has 0 aliphatic heterocycles. The Balaban J connectivity index is 1.94. The molecule has 15 heavy (non-hydrogen) atoms. The summed E-state index contributed by atoms with van der Waals surface area (Å²) in [6, 6.07) is 0. The van der Waals surface area contributed by atoms with Crippen LogP contribution in [0.2, 0.25) is 0 Å². The minimum Gasteiger partial charge on any atom is -0.375 e. The smallest absolute Gasteiger partial charge is 0.136 e. The summed E-state index contributed by atoms with van der Waals surface area (Å²) in [5.74, 6) is 1.84. The molecule has 4 fully saturated rings. The molecule has 4 saturated carbocycles. The van der Waals surface area contributed by atoms with Crippen molar-refractivity contribution in [2.45, 2.75) is 51.6 Å². The molecule has 0 heterocycles. The van der Waals surface area contributed by atoms with Crippen molar-refractivity contribution in [3.8, 4) is 0 Å². The van der Waals surface area contributed by atoms with Crippen molar-refractivity contribution in [1.82, 2.24) is 0 Å². The van der Waals surface area contributed by atoms with Gasteiger partial charge in [-0.25, -0.2) is 0 Å². The monoisotopic (exact) mass is 208 g/mol. The Morgan fingerprint density at radius 1 is 1.40 bits per heavy atom. The predicted molar refractivity (Wildman–Crippen MR) is 57.5 cm³/mol. The third-order valence-electron chi connectivity index (χ3n) is 5.12. The lowest BCUT2D eigenvalue weighted by Crippen LogP contribution is -2.40. The zero-order valence-electron chi connectivity index (χ0n) is 9.71. The van der Waals surface area contributed by atoms with Crippen LogP contribution in [-0.2, 0) is 9.53 Å². The SMILES string of the molecule is CCOC12CC3CC(C1)C(C(C)=O)(C3)C2. The molecule has 84 valence electrons. The van der Waals surface area contributed by atoms with Gasteiger partial charge in [0.25, 0.3) is 0 Å². The lowest BCUT2D eigenvalue weighted by molar-refractivity contribution is -0.132. The van der Waals surface area contributed by atoms with Gasteiger partial charge in [-0.2, -0.15) is 0 Å². The van der Waals surface area contributed by atoms with Crippen LogP contribution in [0.3, 0.4) is 0 Å². The molecule has 4 rings (SSSR count). The Morgan fingerprint density at radius 3 is 2.80 bits per heavy atom. The van der Waals surface area contributed by atoms with Crippen molar-refractivity contribution in [3.05, 3.63) is 0 Å². The van der Waals surface area contributed by atoms with Gasteiger partial charge in [0.15, 0.2) is 0 Å². The van der Waals surface area contributed by atoms with E-state index in [1.54, 1.807) is 6.92 Å². The number of Topliss-reactive ketones (excluding diaryl/α,β-unsaturated/α-hetero) is 1. The fourth-order valence-corrected chi connectivity index (χ4v) is 4.85. The number of ketones is 1. The molecule has 2 nitrogen and oxygen atoms in total. The minimum atomic E-state index is 0.0259. The molecular formula is C13H20O2. The van der Waals surface area contributed by atoms with Crippen LogP contribution in [0.4, 0.5) is 0 Å². The van der Waals surface area contributed by atoms with Crippen LogP contribution in [0.25, 0.3) is 0 Å². The highest BCUT2D eigenvalue weighted by atomic mass is 16.5. The summed E-state index contributed by atoms with van der Waals surface area (Å²) in [6.45, 7) is 4.67. The van der Waals surface area contributed by atoms with Gasteiger partial charge in [0.05, 0.1) is 5.60 Å². The van der Waals surface area contributed by atoms with Gasteiger partial charge >= 0.3 is 0 Å². The number of hydrogen-bond donors (Lipinski definition) is 0. The molecule has 4 bridgehead atoms. The molecule has 4 unspecified atom stereocenters. The number of rotatable bonds is 3. The van der Waals surface area contributed by atoms with Gasteiger partial charge in [-0.3, -0.25) is 4.79 Å². The lowest BCUT2D eigenvalue weighted by atomic mass is 9.71. The van der Waals surface area contributed by atoms with Crippen molar-refractivity contribution < 1.29 is 9.53 Å². The number of carbonyl (C=O) groups is 1. The molecular weight excluding hydrogens is 188 g/mol. The Bertz CT molecular complexity index is 312. The molecule has 0 spiro atoms. The molecule has 0 N–H and O–H groups in total. The van der Waals surface area contributed by atoms with Crippen LogP contribution >= 0.6 is 0 Å². The minimum absolute atomic E-state index is 0.0259. The maximum Gasteiger partial charge on any atom is 0.136 e. The first-order chi connectivity index (χ1) is 7.10. The molecule has 0 aromatic heterocycles.